The molecule has 3 rings (SSSR count). The highest BCUT2D eigenvalue weighted by Crippen LogP contribution is 2.52. The van der Waals surface area contributed by atoms with E-state index < -0.39 is 0 Å². The summed E-state index contributed by atoms with van der Waals surface area (Å²) in [5, 5.41) is 0. The first-order valence-electron chi connectivity index (χ1n) is 6.80. The highest BCUT2D eigenvalue weighted by atomic mass is 16.5. The Bertz CT molecular complexity index is 464. The van der Waals surface area contributed by atoms with Crippen molar-refractivity contribution in [2.24, 2.45) is 5.73 Å². The van der Waals surface area contributed by atoms with E-state index in [1.165, 1.54) is 18.4 Å². The molecule has 1 heterocycles. The van der Waals surface area contributed by atoms with Crippen LogP contribution in [0.5, 0.6) is 11.5 Å². The van der Waals surface area contributed by atoms with E-state index in [2.05, 4.69) is 26.0 Å². The van der Waals surface area contributed by atoms with Crippen LogP contribution in [0.3, 0.4) is 0 Å². The van der Waals surface area contributed by atoms with E-state index in [0.717, 1.165) is 36.7 Å². The van der Waals surface area contributed by atoms with Crippen molar-refractivity contribution in [1.29, 1.82) is 0 Å². The van der Waals surface area contributed by atoms with Crippen LogP contribution in [0.2, 0.25) is 0 Å². The molecule has 1 aliphatic heterocycles. The smallest absolute Gasteiger partial charge is 0.164 e. The maximum absolute atomic E-state index is 6.15. The Morgan fingerprint density at radius 1 is 1.22 bits per heavy atom. The molecule has 1 aromatic rings. The minimum absolute atomic E-state index is 0.176. The Morgan fingerprint density at radius 2 is 1.94 bits per heavy atom. The molecule has 1 aliphatic carbocycles. The summed E-state index contributed by atoms with van der Waals surface area (Å²) in [5.41, 5.74) is 8.81. The third-order valence-corrected chi connectivity index (χ3v) is 4.27. The summed E-state index contributed by atoms with van der Waals surface area (Å²) in [6.07, 6.45) is 3.31. The topological polar surface area (TPSA) is 44.5 Å². The van der Waals surface area contributed by atoms with Gasteiger partial charge in [-0.15, -0.1) is 0 Å². The molecule has 18 heavy (non-hydrogen) atoms. The maximum atomic E-state index is 6.15. The molecule has 0 radical (unpaired) electrons. The van der Waals surface area contributed by atoms with Crippen LogP contribution in [-0.2, 0) is 5.41 Å². The number of ether oxygens (including phenoxy) is 2. The lowest BCUT2D eigenvalue weighted by Crippen LogP contribution is -2.31. The minimum Gasteiger partial charge on any atom is -0.490 e. The molecule has 2 N–H and O–H groups in total. The third kappa shape index (κ3) is 1.77. The second kappa shape index (κ2) is 4.16. The van der Waals surface area contributed by atoms with Gasteiger partial charge >= 0.3 is 0 Å². The zero-order valence-electron chi connectivity index (χ0n) is 11.2. The molecule has 0 spiro atoms. The lowest BCUT2D eigenvalue weighted by molar-refractivity contribution is 0.296. The van der Waals surface area contributed by atoms with E-state index in [4.69, 9.17) is 15.2 Å². The van der Waals surface area contributed by atoms with Crippen LogP contribution in [-0.4, -0.2) is 19.3 Å². The van der Waals surface area contributed by atoms with E-state index >= 15 is 0 Å². The summed E-state index contributed by atoms with van der Waals surface area (Å²) in [5.74, 6) is 1.81. The summed E-state index contributed by atoms with van der Waals surface area (Å²) >= 11 is 0. The molecule has 98 valence electrons. The monoisotopic (exact) mass is 247 g/mol. The Balaban J connectivity index is 2.03. The van der Waals surface area contributed by atoms with E-state index in [0.29, 0.717) is 0 Å². The summed E-state index contributed by atoms with van der Waals surface area (Å²) < 4.78 is 11.6. The quantitative estimate of drug-likeness (QED) is 0.873. The van der Waals surface area contributed by atoms with Crippen LogP contribution < -0.4 is 15.2 Å². The Kier molecular flexibility index (Phi) is 2.74. The Labute approximate surface area is 108 Å². The molecule has 1 atom stereocenters. The van der Waals surface area contributed by atoms with Crippen molar-refractivity contribution >= 4 is 0 Å². The van der Waals surface area contributed by atoms with Gasteiger partial charge in [0.2, 0.25) is 0 Å². The predicted octanol–water partition coefficient (Wildman–Crippen LogP) is 2.54. The summed E-state index contributed by atoms with van der Waals surface area (Å²) in [6, 6.07) is 4.56. The van der Waals surface area contributed by atoms with Gasteiger partial charge in [-0.1, -0.05) is 6.07 Å². The Morgan fingerprint density at radius 3 is 2.61 bits per heavy atom. The molecule has 0 amide bonds. The molecule has 0 saturated heterocycles. The van der Waals surface area contributed by atoms with Crippen molar-refractivity contribution in [3.63, 3.8) is 0 Å². The number of hydrogen-bond acceptors (Lipinski definition) is 3. The summed E-state index contributed by atoms with van der Waals surface area (Å²) in [6.45, 7) is 5.67. The van der Waals surface area contributed by atoms with Crippen molar-refractivity contribution in [3.05, 3.63) is 23.3 Å². The van der Waals surface area contributed by atoms with Crippen LogP contribution in [0.4, 0.5) is 0 Å². The summed E-state index contributed by atoms with van der Waals surface area (Å²) in [7, 11) is 0. The molecule has 0 aromatic heterocycles. The van der Waals surface area contributed by atoms with Gasteiger partial charge < -0.3 is 15.2 Å². The zero-order valence-corrected chi connectivity index (χ0v) is 11.2. The minimum atomic E-state index is 0.176. The van der Waals surface area contributed by atoms with E-state index in [9.17, 15) is 0 Å². The lowest BCUT2D eigenvalue weighted by Gasteiger charge is -2.22. The fraction of sp³-hybridized carbons (Fsp3) is 0.600. The molecule has 1 aromatic carbocycles. The zero-order chi connectivity index (χ0) is 12.8. The van der Waals surface area contributed by atoms with Crippen molar-refractivity contribution in [1.82, 2.24) is 0 Å². The molecule has 0 bridgehead atoms. The van der Waals surface area contributed by atoms with E-state index in [1.54, 1.807) is 0 Å². The second-order valence-corrected chi connectivity index (χ2v) is 5.62. The number of fused-ring (bicyclic) bond motifs is 1. The first-order chi connectivity index (χ1) is 8.63. The van der Waals surface area contributed by atoms with Gasteiger partial charge in [-0.3, -0.25) is 0 Å². The van der Waals surface area contributed by atoms with Gasteiger partial charge in [0.15, 0.2) is 11.5 Å². The van der Waals surface area contributed by atoms with Crippen LogP contribution >= 0.6 is 0 Å². The molecule has 3 nitrogen and oxygen atoms in total. The molecule has 2 aliphatic rings. The number of aryl methyl sites for hydroxylation is 1. The number of nitrogens with two attached hydrogens (primary N) is 1. The van der Waals surface area contributed by atoms with Gasteiger partial charge in [-0.25, -0.2) is 0 Å². The van der Waals surface area contributed by atoms with Crippen molar-refractivity contribution in [3.8, 4) is 11.5 Å². The SMILES string of the molecule is Cc1cc(C2(C(C)N)CC2)cc2c1OCCCO2. The standard InChI is InChI=1S/C15H21NO2/c1-10-8-12(15(4-5-15)11(2)16)9-13-14(10)18-7-3-6-17-13/h8-9,11H,3-7,16H2,1-2H3. The highest BCUT2D eigenvalue weighted by Gasteiger charge is 2.47. The van der Waals surface area contributed by atoms with Gasteiger partial charge in [-0.2, -0.15) is 0 Å². The number of hydrogen-bond donors (Lipinski definition) is 1. The van der Waals surface area contributed by atoms with Gasteiger partial charge in [0, 0.05) is 17.9 Å². The van der Waals surface area contributed by atoms with Crippen LogP contribution in [0, 0.1) is 6.92 Å². The fourth-order valence-corrected chi connectivity index (χ4v) is 2.88. The first-order valence-corrected chi connectivity index (χ1v) is 6.80. The van der Waals surface area contributed by atoms with Crippen LogP contribution in [0.1, 0.15) is 37.3 Å². The van der Waals surface area contributed by atoms with Gasteiger partial charge in [0.05, 0.1) is 13.2 Å². The van der Waals surface area contributed by atoms with Crippen molar-refractivity contribution in [2.75, 3.05) is 13.2 Å². The average Bonchev–Trinajstić information content (AvgIpc) is 3.13. The van der Waals surface area contributed by atoms with E-state index in [-0.39, 0.29) is 11.5 Å². The molecular weight excluding hydrogens is 226 g/mol. The fourth-order valence-electron chi connectivity index (χ4n) is 2.88. The van der Waals surface area contributed by atoms with Gasteiger partial charge in [-0.05, 0) is 43.9 Å². The van der Waals surface area contributed by atoms with Crippen molar-refractivity contribution < 1.29 is 9.47 Å². The largest absolute Gasteiger partial charge is 0.490 e. The normalized spacial score (nSPS) is 22.2. The predicted molar refractivity (Wildman–Crippen MR) is 71.3 cm³/mol. The lowest BCUT2D eigenvalue weighted by atomic mass is 9.88. The highest BCUT2D eigenvalue weighted by molar-refractivity contribution is 5.52. The third-order valence-electron chi connectivity index (χ3n) is 4.27. The average molecular weight is 247 g/mol. The molecule has 1 saturated carbocycles. The van der Waals surface area contributed by atoms with E-state index in [1.807, 2.05) is 0 Å². The molecule has 1 unspecified atom stereocenters. The molecule has 1 fully saturated rings. The van der Waals surface area contributed by atoms with Crippen LogP contribution in [0.15, 0.2) is 12.1 Å². The number of benzene rings is 1. The second-order valence-electron chi connectivity index (χ2n) is 5.62. The van der Waals surface area contributed by atoms with Gasteiger partial charge in [0.25, 0.3) is 0 Å². The molecular formula is C15H21NO2. The first kappa shape index (κ1) is 11.8. The summed E-state index contributed by atoms with van der Waals surface area (Å²) in [4.78, 5) is 0. The maximum Gasteiger partial charge on any atom is 0.164 e. The number of rotatable bonds is 2. The van der Waals surface area contributed by atoms with Crippen molar-refractivity contribution in [2.45, 2.75) is 44.6 Å². The van der Waals surface area contributed by atoms with Crippen LogP contribution in [0.25, 0.3) is 0 Å². The Hall–Kier alpha value is -1.22. The molecule has 3 heteroatoms. The van der Waals surface area contributed by atoms with Gasteiger partial charge in [0.1, 0.15) is 0 Å².